The molecule has 5 heteroatoms. The summed E-state index contributed by atoms with van der Waals surface area (Å²) in [6.07, 6.45) is 2.17. The van der Waals surface area contributed by atoms with E-state index in [-0.39, 0.29) is 11.8 Å². The van der Waals surface area contributed by atoms with Gasteiger partial charge in [-0.2, -0.15) is 0 Å². The van der Waals surface area contributed by atoms with Gasteiger partial charge in [0.05, 0.1) is 11.3 Å². The van der Waals surface area contributed by atoms with Crippen LogP contribution in [-0.4, -0.2) is 29.8 Å². The molecule has 1 heterocycles. The van der Waals surface area contributed by atoms with Crippen LogP contribution >= 0.6 is 11.6 Å². The molecule has 1 N–H and O–H groups in total. The third-order valence-corrected chi connectivity index (χ3v) is 4.71. The van der Waals surface area contributed by atoms with Crippen LogP contribution in [0.2, 0.25) is 5.02 Å². The van der Waals surface area contributed by atoms with Crippen molar-refractivity contribution in [1.82, 2.24) is 4.90 Å². The minimum atomic E-state index is -0.260. The summed E-state index contributed by atoms with van der Waals surface area (Å²) in [5.41, 5.74) is 1.56. The number of anilines is 1. The minimum absolute atomic E-state index is 0.0291. The molecule has 1 atom stereocenters. The normalized spacial score (nSPS) is 17.2. The van der Waals surface area contributed by atoms with E-state index in [1.807, 2.05) is 17.0 Å². The summed E-state index contributed by atoms with van der Waals surface area (Å²) >= 11 is 5.86. The second-order valence-corrected chi connectivity index (χ2v) is 6.94. The van der Waals surface area contributed by atoms with E-state index in [1.54, 1.807) is 36.4 Å². The lowest BCUT2D eigenvalue weighted by Gasteiger charge is -2.31. The molecule has 0 radical (unpaired) electrons. The first-order chi connectivity index (χ1) is 12.0. The predicted molar refractivity (Wildman–Crippen MR) is 100 cm³/mol. The van der Waals surface area contributed by atoms with Crippen LogP contribution in [0.4, 0.5) is 5.69 Å². The van der Waals surface area contributed by atoms with Gasteiger partial charge in [0.2, 0.25) is 0 Å². The second-order valence-electron chi connectivity index (χ2n) is 6.51. The van der Waals surface area contributed by atoms with Crippen molar-refractivity contribution in [1.29, 1.82) is 0 Å². The van der Waals surface area contributed by atoms with Gasteiger partial charge in [-0.15, -0.1) is 0 Å². The zero-order valence-electron chi connectivity index (χ0n) is 14.2. The smallest absolute Gasteiger partial charge is 0.255 e. The van der Waals surface area contributed by atoms with E-state index in [0.29, 0.717) is 27.8 Å². The Bertz CT molecular complexity index is 774. The Morgan fingerprint density at radius 1 is 1.12 bits per heavy atom. The van der Waals surface area contributed by atoms with Crippen molar-refractivity contribution in [2.24, 2.45) is 5.92 Å². The number of benzene rings is 2. The quantitative estimate of drug-likeness (QED) is 0.882. The van der Waals surface area contributed by atoms with E-state index in [1.165, 1.54) is 0 Å². The van der Waals surface area contributed by atoms with Gasteiger partial charge in [-0.3, -0.25) is 9.59 Å². The molecule has 130 valence electrons. The number of hydrogen-bond donors (Lipinski definition) is 1. The number of para-hydroxylation sites is 1. The minimum Gasteiger partial charge on any atom is -0.338 e. The molecule has 2 aromatic carbocycles. The van der Waals surface area contributed by atoms with Gasteiger partial charge in [-0.25, -0.2) is 0 Å². The van der Waals surface area contributed by atoms with Crippen LogP contribution in [0, 0.1) is 5.92 Å². The molecule has 0 spiro atoms. The van der Waals surface area contributed by atoms with Crippen molar-refractivity contribution in [3.8, 4) is 0 Å². The Labute approximate surface area is 152 Å². The maximum absolute atomic E-state index is 12.9. The molecule has 2 amide bonds. The molecule has 0 unspecified atom stereocenters. The molecule has 0 aromatic heterocycles. The summed E-state index contributed by atoms with van der Waals surface area (Å²) in [6.45, 7) is 3.69. The van der Waals surface area contributed by atoms with E-state index in [0.717, 1.165) is 25.9 Å². The highest BCUT2D eigenvalue weighted by atomic mass is 35.5. The van der Waals surface area contributed by atoms with E-state index in [2.05, 4.69) is 12.2 Å². The fraction of sp³-hybridized carbons (Fsp3) is 0.300. The van der Waals surface area contributed by atoms with Gasteiger partial charge in [-0.05, 0) is 55.2 Å². The van der Waals surface area contributed by atoms with Crippen LogP contribution in [-0.2, 0) is 0 Å². The average Bonchev–Trinajstić information content (AvgIpc) is 2.62. The molecule has 2 aromatic rings. The largest absolute Gasteiger partial charge is 0.338 e. The first kappa shape index (κ1) is 17.5. The summed E-state index contributed by atoms with van der Waals surface area (Å²) in [5.74, 6) is 0.219. The lowest BCUT2D eigenvalue weighted by molar-refractivity contribution is 0.0684. The van der Waals surface area contributed by atoms with Crippen molar-refractivity contribution in [2.75, 3.05) is 18.4 Å². The number of likely N-dealkylation sites (tertiary alicyclic amines) is 1. The van der Waals surface area contributed by atoms with Crippen LogP contribution in [0.25, 0.3) is 0 Å². The SMILES string of the molecule is C[C@@H]1CCCN(C(=O)c2ccccc2NC(=O)c2ccc(Cl)cc2)C1. The maximum atomic E-state index is 12.9. The van der Waals surface area contributed by atoms with Crippen LogP contribution in [0.3, 0.4) is 0 Å². The number of amides is 2. The van der Waals surface area contributed by atoms with E-state index >= 15 is 0 Å². The third-order valence-electron chi connectivity index (χ3n) is 4.46. The zero-order valence-corrected chi connectivity index (χ0v) is 14.9. The number of nitrogens with zero attached hydrogens (tertiary/aromatic N) is 1. The Balaban J connectivity index is 1.79. The molecule has 1 saturated heterocycles. The number of halogens is 1. The van der Waals surface area contributed by atoms with Gasteiger partial charge in [0.25, 0.3) is 11.8 Å². The van der Waals surface area contributed by atoms with Crippen LogP contribution in [0.15, 0.2) is 48.5 Å². The predicted octanol–water partition coefficient (Wildman–Crippen LogP) is 4.46. The number of carbonyl (C=O) groups is 2. The van der Waals surface area contributed by atoms with Crippen molar-refractivity contribution in [2.45, 2.75) is 19.8 Å². The molecular formula is C20H21ClN2O2. The number of hydrogen-bond acceptors (Lipinski definition) is 2. The molecule has 0 bridgehead atoms. The average molecular weight is 357 g/mol. The summed E-state index contributed by atoms with van der Waals surface area (Å²) in [4.78, 5) is 27.2. The van der Waals surface area contributed by atoms with Crippen molar-refractivity contribution < 1.29 is 9.59 Å². The van der Waals surface area contributed by atoms with Gasteiger partial charge in [-0.1, -0.05) is 30.7 Å². The number of rotatable bonds is 3. The standard InChI is InChI=1S/C20H21ClN2O2/c1-14-5-4-12-23(13-14)20(25)17-6-2-3-7-18(17)22-19(24)15-8-10-16(21)11-9-15/h2-3,6-11,14H,4-5,12-13H2,1H3,(H,22,24)/t14-/m1/s1. The van der Waals surface area contributed by atoms with Gasteiger partial charge >= 0.3 is 0 Å². The van der Waals surface area contributed by atoms with Crippen LogP contribution in [0.5, 0.6) is 0 Å². The molecule has 25 heavy (non-hydrogen) atoms. The fourth-order valence-corrected chi connectivity index (χ4v) is 3.24. The van der Waals surface area contributed by atoms with Crippen molar-refractivity contribution in [3.63, 3.8) is 0 Å². The molecule has 0 aliphatic carbocycles. The Morgan fingerprint density at radius 2 is 1.84 bits per heavy atom. The Morgan fingerprint density at radius 3 is 2.56 bits per heavy atom. The Kier molecular flexibility index (Phi) is 5.39. The van der Waals surface area contributed by atoms with Crippen LogP contribution in [0.1, 0.15) is 40.5 Å². The molecule has 0 saturated carbocycles. The summed E-state index contributed by atoms with van der Waals surface area (Å²) in [7, 11) is 0. The molecule has 1 fully saturated rings. The molecule has 4 nitrogen and oxygen atoms in total. The maximum Gasteiger partial charge on any atom is 0.255 e. The highest BCUT2D eigenvalue weighted by Crippen LogP contribution is 2.22. The summed E-state index contributed by atoms with van der Waals surface area (Å²) < 4.78 is 0. The topological polar surface area (TPSA) is 49.4 Å². The number of carbonyl (C=O) groups excluding carboxylic acids is 2. The van der Waals surface area contributed by atoms with E-state index < -0.39 is 0 Å². The first-order valence-corrected chi connectivity index (χ1v) is 8.87. The fourth-order valence-electron chi connectivity index (χ4n) is 3.12. The summed E-state index contributed by atoms with van der Waals surface area (Å²) in [6, 6.07) is 13.8. The van der Waals surface area contributed by atoms with Gasteiger partial charge in [0.15, 0.2) is 0 Å². The first-order valence-electron chi connectivity index (χ1n) is 8.50. The van der Waals surface area contributed by atoms with Gasteiger partial charge in [0.1, 0.15) is 0 Å². The second kappa shape index (κ2) is 7.70. The van der Waals surface area contributed by atoms with Crippen molar-refractivity contribution >= 4 is 29.1 Å². The van der Waals surface area contributed by atoms with Crippen LogP contribution < -0.4 is 5.32 Å². The van der Waals surface area contributed by atoms with Crippen molar-refractivity contribution in [3.05, 3.63) is 64.7 Å². The van der Waals surface area contributed by atoms with Gasteiger partial charge in [0, 0.05) is 23.7 Å². The van der Waals surface area contributed by atoms with E-state index in [4.69, 9.17) is 11.6 Å². The van der Waals surface area contributed by atoms with Gasteiger partial charge < -0.3 is 10.2 Å². The highest BCUT2D eigenvalue weighted by molar-refractivity contribution is 6.30. The molecule has 1 aliphatic rings. The molecule has 1 aliphatic heterocycles. The summed E-state index contributed by atoms with van der Waals surface area (Å²) in [5, 5.41) is 3.42. The Hall–Kier alpha value is -2.33. The number of piperidine rings is 1. The molecular weight excluding hydrogens is 336 g/mol. The van der Waals surface area contributed by atoms with E-state index in [9.17, 15) is 9.59 Å². The number of nitrogens with one attached hydrogen (secondary N) is 1. The third kappa shape index (κ3) is 4.20. The molecule has 3 rings (SSSR count). The lowest BCUT2D eigenvalue weighted by Crippen LogP contribution is -2.39. The monoisotopic (exact) mass is 356 g/mol. The highest BCUT2D eigenvalue weighted by Gasteiger charge is 2.24. The zero-order chi connectivity index (χ0) is 17.8. The lowest BCUT2D eigenvalue weighted by atomic mass is 9.99.